The van der Waals surface area contributed by atoms with Crippen molar-refractivity contribution in [3.63, 3.8) is 0 Å². The fraction of sp³-hybridized carbons (Fsp3) is 0.783. The summed E-state index contributed by atoms with van der Waals surface area (Å²) < 4.78 is 33.3. The maximum Gasteiger partial charge on any atom is 0.472 e. The molecule has 332 valence electrons. The number of ether oxygens (including phenoxy) is 2. The second-order valence-corrected chi connectivity index (χ2v) is 16.6. The van der Waals surface area contributed by atoms with Crippen molar-refractivity contribution >= 4 is 19.8 Å². The lowest BCUT2D eigenvalue weighted by atomic mass is 10.0. The molecule has 10 nitrogen and oxygen atoms in total. The van der Waals surface area contributed by atoms with Crippen LogP contribution in [0.1, 0.15) is 194 Å². The lowest BCUT2D eigenvalue weighted by Gasteiger charge is -2.20. The number of unbranched alkanes of at least 4 members (excludes halogenated alkanes) is 21. The predicted octanol–water partition coefficient (Wildman–Crippen LogP) is 12.6. The highest BCUT2D eigenvalue weighted by Gasteiger charge is 2.27. The van der Waals surface area contributed by atoms with E-state index in [2.05, 4.69) is 62.5 Å². The van der Waals surface area contributed by atoms with Gasteiger partial charge in [0, 0.05) is 13.0 Å². The zero-order valence-electron chi connectivity index (χ0n) is 36.2. The molecule has 0 spiro atoms. The van der Waals surface area contributed by atoms with Crippen molar-refractivity contribution in [1.29, 1.82) is 0 Å². The molecule has 0 aliphatic carbocycles. The lowest BCUT2D eigenvalue weighted by Crippen LogP contribution is -2.34. The number of rotatable bonds is 43. The highest BCUT2D eigenvalue weighted by molar-refractivity contribution is 7.47. The summed E-state index contributed by atoms with van der Waals surface area (Å²) in [5.74, 6) is -1.80. The van der Waals surface area contributed by atoms with E-state index in [0.717, 1.165) is 57.8 Å². The Morgan fingerprint density at radius 3 is 1.46 bits per heavy atom. The normalized spacial score (nSPS) is 14.3. The smallest absolute Gasteiger partial charge is 0.472 e. The third-order valence-corrected chi connectivity index (χ3v) is 10.6. The van der Waals surface area contributed by atoms with Crippen molar-refractivity contribution in [2.24, 2.45) is 5.73 Å². The maximum absolute atomic E-state index is 12.6. The van der Waals surface area contributed by atoms with Gasteiger partial charge in [0.2, 0.25) is 0 Å². The van der Waals surface area contributed by atoms with Crippen LogP contribution in [0.15, 0.2) is 48.6 Å². The average Bonchev–Trinajstić information content (AvgIpc) is 3.19. The summed E-state index contributed by atoms with van der Waals surface area (Å²) in [7, 11) is -4.63. The number of aliphatic carboxylic acids is 1. The Labute approximate surface area is 348 Å². The van der Waals surface area contributed by atoms with Gasteiger partial charge in [0.1, 0.15) is 12.1 Å². The Kier molecular flexibility index (Phi) is 40.5. The van der Waals surface area contributed by atoms with Crippen molar-refractivity contribution < 1.29 is 42.7 Å². The SMILES string of the molecule is CC/C=C\C/C=C\C/C=C\C/C=C\CCCOCC(COP(=O)(O)OCC(N)C(=O)O)OC(=O)CCCCCCCCCCCCCCCCCCCCCCC. The second-order valence-electron chi connectivity index (χ2n) is 15.2. The van der Waals surface area contributed by atoms with Crippen LogP contribution in [-0.2, 0) is 32.7 Å². The van der Waals surface area contributed by atoms with Crippen molar-refractivity contribution in [2.45, 2.75) is 206 Å². The molecule has 0 aromatic carbocycles. The van der Waals surface area contributed by atoms with Gasteiger partial charge in [-0.05, 0) is 44.9 Å². The number of carbonyl (C=O) groups excluding carboxylic acids is 1. The molecule has 4 N–H and O–H groups in total. The molecule has 0 aromatic rings. The van der Waals surface area contributed by atoms with E-state index in [9.17, 15) is 19.0 Å². The fourth-order valence-corrected chi connectivity index (χ4v) is 6.92. The van der Waals surface area contributed by atoms with Crippen LogP contribution in [0.4, 0.5) is 0 Å². The van der Waals surface area contributed by atoms with Gasteiger partial charge in [0.05, 0.1) is 19.8 Å². The van der Waals surface area contributed by atoms with Gasteiger partial charge < -0.3 is 25.2 Å². The van der Waals surface area contributed by atoms with Crippen molar-refractivity contribution in [3.8, 4) is 0 Å². The molecule has 0 aliphatic rings. The van der Waals surface area contributed by atoms with Gasteiger partial charge in [0.25, 0.3) is 0 Å². The van der Waals surface area contributed by atoms with Gasteiger partial charge in [0.15, 0.2) is 0 Å². The molecule has 0 aromatic heterocycles. The van der Waals surface area contributed by atoms with Crippen molar-refractivity contribution in [3.05, 3.63) is 48.6 Å². The van der Waals surface area contributed by atoms with Crippen LogP contribution in [0.2, 0.25) is 0 Å². The van der Waals surface area contributed by atoms with Gasteiger partial charge in [-0.3, -0.25) is 18.6 Å². The van der Waals surface area contributed by atoms with Crippen LogP contribution in [-0.4, -0.2) is 60.5 Å². The molecule has 0 bridgehead atoms. The summed E-state index contributed by atoms with van der Waals surface area (Å²) in [5.41, 5.74) is 5.35. The Balaban J connectivity index is 4.21. The first kappa shape index (κ1) is 54.9. The summed E-state index contributed by atoms with van der Waals surface area (Å²) in [5, 5.41) is 8.90. The van der Waals surface area contributed by atoms with Crippen LogP contribution in [0.3, 0.4) is 0 Å². The minimum absolute atomic E-state index is 0.0199. The molecule has 0 radical (unpaired) electrons. The molecule has 57 heavy (non-hydrogen) atoms. The molecule has 0 amide bonds. The third kappa shape index (κ3) is 41.9. The molecule has 3 unspecified atom stereocenters. The molecular weight excluding hydrogens is 741 g/mol. The number of nitrogens with two attached hydrogens (primary N) is 1. The summed E-state index contributed by atoms with van der Waals surface area (Å²) in [6.07, 6.45) is 49.0. The van der Waals surface area contributed by atoms with Crippen LogP contribution >= 0.6 is 7.82 Å². The highest BCUT2D eigenvalue weighted by Crippen LogP contribution is 2.43. The number of hydrogen-bond acceptors (Lipinski definition) is 8. The van der Waals surface area contributed by atoms with E-state index in [0.29, 0.717) is 13.0 Å². The Bertz CT molecular complexity index is 1090. The fourth-order valence-electron chi connectivity index (χ4n) is 6.14. The maximum atomic E-state index is 12.6. The monoisotopic (exact) mass is 826 g/mol. The van der Waals surface area contributed by atoms with Crippen LogP contribution in [0.25, 0.3) is 0 Å². The van der Waals surface area contributed by atoms with Gasteiger partial charge in [-0.25, -0.2) is 4.57 Å². The van der Waals surface area contributed by atoms with Gasteiger partial charge >= 0.3 is 19.8 Å². The van der Waals surface area contributed by atoms with E-state index in [-0.39, 0.29) is 13.0 Å². The highest BCUT2D eigenvalue weighted by atomic mass is 31.2. The molecule has 0 aliphatic heterocycles. The second kappa shape index (κ2) is 42.1. The average molecular weight is 826 g/mol. The molecule has 0 rings (SSSR count). The number of carbonyl (C=O) groups is 2. The summed E-state index contributed by atoms with van der Waals surface area (Å²) >= 11 is 0. The van der Waals surface area contributed by atoms with Crippen LogP contribution in [0.5, 0.6) is 0 Å². The summed E-state index contributed by atoms with van der Waals surface area (Å²) in [4.78, 5) is 33.5. The van der Waals surface area contributed by atoms with Gasteiger partial charge in [-0.1, -0.05) is 191 Å². The van der Waals surface area contributed by atoms with Crippen molar-refractivity contribution in [2.75, 3.05) is 26.4 Å². The molecule has 3 atom stereocenters. The number of carboxylic acids is 1. The van der Waals surface area contributed by atoms with E-state index in [1.165, 1.54) is 109 Å². The summed E-state index contributed by atoms with van der Waals surface area (Å²) in [6, 6.07) is -1.48. The number of carboxylic acid groups (broad SMARTS) is 1. The van der Waals surface area contributed by atoms with E-state index < -0.39 is 45.1 Å². The number of phosphoric ester groups is 1. The first-order valence-corrected chi connectivity index (χ1v) is 24.2. The third-order valence-electron chi connectivity index (χ3n) is 9.62. The van der Waals surface area contributed by atoms with Gasteiger partial charge in [-0.15, -0.1) is 0 Å². The minimum atomic E-state index is -4.63. The Morgan fingerprint density at radius 1 is 0.579 bits per heavy atom. The minimum Gasteiger partial charge on any atom is -0.480 e. The van der Waals surface area contributed by atoms with E-state index >= 15 is 0 Å². The van der Waals surface area contributed by atoms with Gasteiger partial charge in [-0.2, -0.15) is 0 Å². The first-order valence-electron chi connectivity index (χ1n) is 22.7. The number of phosphoric acid groups is 1. The van der Waals surface area contributed by atoms with E-state index in [1.54, 1.807) is 0 Å². The standard InChI is InChI=1S/C46H84NO9P/c1-3-5-7-9-11-13-15-17-19-20-21-22-23-24-25-26-28-30-32-34-36-38-45(48)56-43(41-54-57(51,52)55-42-44(47)46(49)50)40-53-39-37-35-33-31-29-27-18-16-14-12-10-8-6-4-2/h6,8,12,14,18,27,31,33,43-44H,3-5,7,9-11,13,15-17,19-26,28-30,32,34-42,47H2,1-2H3,(H,49,50)(H,51,52)/b8-6-,14-12-,27-18-,33-31-. The quantitative estimate of drug-likeness (QED) is 0.0234. The van der Waals surface area contributed by atoms with Crippen LogP contribution in [0, 0.1) is 0 Å². The summed E-state index contributed by atoms with van der Waals surface area (Å²) in [6.45, 7) is 3.64. The molecule has 0 heterocycles. The van der Waals surface area contributed by atoms with Crippen LogP contribution < -0.4 is 5.73 Å². The zero-order chi connectivity index (χ0) is 41.9. The molecular formula is C46H84NO9P. The number of esters is 1. The van der Waals surface area contributed by atoms with E-state index in [1.807, 2.05) is 0 Å². The first-order chi connectivity index (χ1) is 27.7. The van der Waals surface area contributed by atoms with Crippen molar-refractivity contribution in [1.82, 2.24) is 0 Å². The zero-order valence-corrected chi connectivity index (χ0v) is 37.1. The largest absolute Gasteiger partial charge is 0.480 e. The Hall–Kier alpha value is -2.07. The molecule has 11 heteroatoms. The molecule has 0 fully saturated rings. The number of allylic oxidation sites excluding steroid dienone is 8. The topological polar surface area (TPSA) is 155 Å². The Morgan fingerprint density at radius 2 is 1.00 bits per heavy atom. The van der Waals surface area contributed by atoms with E-state index in [4.69, 9.17) is 29.4 Å². The predicted molar refractivity (Wildman–Crippen MR) is 235 cm³/mol. The number of hydrogen-bond donors (Lipinski definition) is 3. The molecule has 0 saturated carbocycles. The lowest BCUT2D eigenvalue weighted by molar-refractivity contribution is -0.154. The molecule has 0 saturated heterocycles.